The van der Waals surface area contributed by atoms with Gasteiger partial charge >= 0.3 is 0 Å². The molecule has 0 heterocycles. The van der Waals surface area contributed by atoms with Crippen LogP contribution in [0.4, 0.5) is 4.39 Å². The van der Waals surface area contributed by atoms with E-state index in [0.29, 0.717) is 22.4 Å². The van der Waals surface area contributed by atoms with E-state index in [2.05, 4.69) is 33.0 Å². The summed E-state index contributed by atoms with van der Waals surface area (Å²) < 4.78 is 13.2. The molecular formula is C18H27ClFN. The maximum absolute atomic E-state index is 13.2. The summed E-state index contributed by atoms with van der Waals surface area (Å²) in [6.07, 6.45) is 5.11. The molecule has 2 rings (SSSR count). The van der Waals surface area contributed by atoms with Crippen LogP contribution in [-0.4, -0.2) is 6.04 Å². The SMILES string of the molecule is CC(NC1CCCCC1C(C)(C)C)c1ccc(F)cc1Cl. The monoisotopic (exact) mass is 311 g/mol. The van der Waals surface area contributed by atoms with Gasteiger partial charge in [0.05, 0.1) is 0 Å². The van der Waals surface area contributed by atoms with E-state index in [0.717, 1.165) is 5.56 Å². The van der Waals surface area contributed by atoms with Crippen molar-refractivity contribution in [3.8, 4) is 0 Å². The van der Waals surface area contributed by atoms with Crippen molar-refractivity contribution in [1.29, 1.82) is 0 Å². The molecule has 0 amide bonds. The smallest absolute Gasteiger partial charge is 0.124 e. The predicted molar refractivity (Wildman–Crippen MR) is 88.2 cm³/mol. The molecule has 0 aromatic heterocycles. The van der Waals surface area contributed by atoms with Crippen molar-refractivity contribution >= 4 is 11.6 Å². The van der Waals surface area contributed by atoms with Crippen molar-refractivity contribution in [3.63, 3.8) is 0 Å². The zero-order valence-electron chi connectivity index (χ0n) is 13.5. The van der Waals surface area contributed by atoms with Gasteiger partial charge < -0.3 is 5.32 Å². The van der Waals surface area contributed by atoms with Gasteiger partial charge in [0.1, 0.15) is 5.82 Å². The Labute approximate surface area is 133 Å². The molecule has 118 valence electrons. The minimum absolute atomic E-state index is 0.144. The molecular weight excluding hydrogens is 285 g/mol. The molecule has 1 saturated carbocycles. The van der Waals surface area contributed by atoms with E-state index in [-0.39, 0.29) is 11.9 Å². The normalized spacial score (nSPS) is 24.9. The van der Waals surface area contributed by atoms with Gasteiger partial charge in [-0.15, -0.1) is 0 Å². The number of hydrogen-bond acceptors (Lipinski definition) is 1. The summed E-state index contributed by atoms with van der Waals surface area (Å²) in [5.74, 6) is 0.397. The minimum Gasteiger partial charge on any atom is -0.307 e. The highest BCUT2D eigenvalue weighted by Gasteiger charge is 2.34. The van der Waals surface area contributed by atoms with Gasteiger partial charge in [-0.1, -0.05) is 51.3 Å². The molecule has 1 aliphatic rings. The predicted octanol–water partition coefficient (Wildman–Crippen LogP) is 5.73. The van der Waals surface area contributed by atoms with E-state index in [4.69, 9.17) is 11.6 Å². The molecule has 3 heteroatoms. The minimum atomic E-state index is -0.277. The average Bonchev–Trinajstić information content (AvgIpc) is 2.37. The van der Waals surface area contributed by atoms with Gasteiger partial charge in [-0.05, 0) is 48.8 Å². The Morgan fingerprint density at radius 3 is 2.52 bits per heavy atom. The molecule has 0 bridgehead atoms. The largest absolute Gasteiger partial charge is 0.307 e. The van der Waals surface area contributed by atoms with E-state index in [1.807, 2.05) is 0 Å². The third-order valence-electron chi connectivity index (χ3n) is 4.77. The van der Waals surface area contributed by atoms with E-state index in [1.54, 1.807) is 6.07 Å². The second-order valence-corrected chi connectivity index (χ2v) is 7.82. The molecule has 1 aromatic rings. The number of nitrogens with one attached hydrogen (secondary N) is 1. The van der Waals surface area contributed by atoms with Crippen LogP contribution in [0.2, 0.25) is 5.02 Å². The Kier molecular flexibility index (Phi) is 5.32. The van der Waals surface area contributed by atoms with Crippen LogP contribution in [0.3, 0.4) is 0 Å². The van der Waals surface area contributed by atoms with Crippen molar-refractivity contribution in [2.24, 2.45) is 11.3 Å². The highest BCUT2D eigenvalue weighted by molar-refractivity contribution is 6.31. The molecule has 0 saturated heterocycles. The molecule has 0 aliphatic heterocycles. The van der Waals surface area contributed by atoms with Crippen molar-refractivity contribution in [2.45, 2.75) is 65.5 Å². The highest BCUT2D eigenvalue weighted by Crippen LogP contribution is 2.39. The van der Waals surface area contributed by atoms with Crippen LogP contribution < -0.4 is 5.32 Å². The Hall–Kier alpha value is -0.600. The molecule has 1 N–H and O–H groups in total. The Bertz CT molecular complexity index is 481. The van der Waals surface area contributed by atoms with Gasteiger partial charge in [-0.3, -0.25) is 0 Å². The van der Waals surface area contributed by atoms with Gasteiger partial charge in [-0.2, -0.15) is 0 Å². The number of benzene rings is 1. The standard InChI is InChI=1S/C18H27ClFN/c1-12(14-10-9-13(20)11-16(14)19)21-17-8-6-5-7-15(17)18(2,3)4/h9-12,15,17,21H,5-8H2,1-4H3. The number of hydrogen-bond donors (Lipinski definition) is 1. The lowest BCUT2D eigenvalue weighted by Gasteiger charge is -2.42. The zero-order chi connectivity index (χ0) is 15.6. The van der Waals surface area contributed by atoms with Gasteiger partial charge in [0.25, 0.3) is 0 Å². The molecule has 21 heavy (non-hydrogen) atoms. The fourth-order valence-corrected chi connectivity index (χ4v) is 3.96. The van der Waals surface area contributed by atoms with Crippen LogP contribution in [0.1, 0.15) is 65.0 Å². The third kappa shape index (κ3) is 4.20. The zero-order valence-corrected chi connectivity index (χ0v) is 14.3. The van der Waals surface area contributed by atoms with Gasteiger partial charge in [0.2, 0.25) is 0 Å². The third-order valence-corrected chi connectivity index (χ3v) is 5.10. The average molecular weight is 312 g/mol. The van der Waals surface area contributed by atoms with Gasteiger partial charge in [-0.25, -0.2) is 4.39 Å². The highest BCUT2D eigenvalue weighted by atomic mass is 35.5. The fourth-order valence-electron chi connectivity index (χ4n) is 3.63. The van der Waals surface area contributed by atoms with Crippen molar-refractivity contribution in [1.82, 2.24) is 5.32 Å². The number of halogens is 2. The molecule has 1 nitrogen and oxygen atoms in total. The Balaban J connectivity index is 2.11. The molecule has 1 aromatic carbocycles. The van der Waals surface area contributed by atoms with E-state index < -0.39 is 0 Å². The summed E-state index contributed by atoms with van der Waals surface area (Å²) in [6.45, 7) is 9.10. The summed E-state index contributed by atoms with van der Waals surface area (Å²) in [7, 11) is 0. The summed E-state index contributed by atoms with van der Waals surface area (Å²) in [5.41, 5.74) is 1.29. The molecule has 0 spiro atoms. The van der Waals surface area contributed by atoms with Gasteiger partial charge in [0, 0.05) is 17.1 Å². The summed E-state index contributed by atoms with van der Waals surface area (Å²) in [6, 6.07) is 5.34. The van der Waals surface area contributed by atoms with E-state index in [1.165, 1.54) is 37.8 Å². The molecule has 3 atom stereocenters. The Morgan fingerprint density at radius 2 is 1.90 bits per heavy atom. The summed E-state index contributed by atoms with van der Waals surface area (Å²) in [4.78, 5) is 0. The van der Waals surface area contributed by atoms with Crippen LogP contribution in [0.5, 0.6) is 0 Å². The quantitative estimate of drug-likeness (QED) is 0.751. The molecule has 3 unspecified atom stereocenters. The number of rotatable bonds is 3. The lowest BCUT2D eigenvalue weighted by molar-refractivity contribution is 0.124. The lowest BCUT2D eigenvalue weighted by Crippen LogP contribution is -2.45. The van der Waals surface area contributed by atoms with E-state index in [9.17, 15) is 4.39 Å². The van der Waals surface area contributed by atoms with E-state index >= 15 is 0 Å². The second-order valence-electron chi connectivity index (χ2n) is 7.42. The summed E-state index contributed by atoms with van der Waals surface area (Å²) >= 11 is 6.19. The maximum atomic E-state index is 13.2. The maximum Gasteiger partial charge on any atom is 0.124 e. The first-order chi connectivity index (χ1) is 9.79. The molecule has 0 radical (unpaired) electrons. The van der Waals surface area contributed by atoms with Crippen LogP contribution in [0.15, 0.2) is 18.2 Å². The van der Waals surface area contributed by atoms with Crippen molar-refractivity contribution < 1.29 is 4.39 Å². The van der Waals surface area contributed by atoms with Crippen molar-refractivity contribution in [3.05, 3.63) is 34.6 Å². The van der Waals surface area contributed by atoms with Crippen LogP contribution >= 0.6 is 11.6 Å². The molecule has 1 fully saturated rings. The topological polar surface area (TPSA) is 12.0 Å². The first kappa shape index (κ1) is 16.8. The molecule has 1 aliphatic carbocycles. The van der Waals surface area contributed by atoms with Crippen LogP contribution in [0.25, 0.3) is 0 Å². The van der Waals surface area contributed by atoms with Crippen molar-refractivity contribution in [2.75, 3.05) is 0 Å². The fraction of sp³-hybridized carbons (Fsp3) is 0.667. The first-order valence-electron chi connectivity index (χ1n) is 8.00. The second kappa shape index (κ2) is 6.66. The van der Waals surface area contributed by atoms with Crippen LogP contribution in [0, 0.1) is 17.2 Å². The first-order valence-corrected chi connectivity index (χ1v) is 8.38. The van der Waals surface area contributed by atoms with Crippen LogP contribution in [-0.2, 0) is 0 Å². The van der Waals surface area contributed by atoms with Gasteiger partial charge in [0.15, 0.2) is 0 Å². The summed E-state index contributed by atoms with van der Waals surface area (Å²) in [5, 5.41) is 4.26. The lowest BCUT2D eigenvalue weighted by atomic mass is 9.69. The Morgan fingerprint density at radius 1 is 1.24 bits per heavy atom.